The average molecular weight is 994 g/mol. The maximum Gasteiger partial charge on any atom is 2.00 e. The van der Waals surface area contributed by atoms with Crippen LogP contribution in [0.4, 0.5) is 0 Å². The second kappa shape index (κ2) is 37.3. The van der Waals surface area contributed by atoms with Crippen molar-refractivity contribution in [1.29, 1.82) is 0 Å². The van der Waals surface area contributed by atoms with Gasteiger partial charge in [-0.25, -0.2) is 0 Å². The van der Waals surface area contributed by atoms with Gasteiger partial charge in [0.1, 0.15) is 0 Å². The van der Waals surface area contributed by atoms with E-state index in [1.54, 1.807) is 0 Å². The van der Waals surface area contributed by atoms with Gasteiger partial charge in [0, 0.05) is 11.1 Å². The van der Waals surface area contributed by atoms with Gasteiger partial charge in [0.25, 0.3) is 0 Å². The summed E-state index contributed by atoms with van der Waals surface area (Å²) in [6, 6.07) is 50.0. The van der Waals surface area contributed by atoms with E-state index in [0.717, 1.165) is 11.1 Å². The molecule has 4 aromatic rings. The first-order valence-corrected chi connectivity index (χ1v) is 10.9. The Morgan fingerprint density at radius 3 is 0.700 bits per heavy atom. The fourth-order valence-corrected chi connectivity index (χ4v) is 2.36. The Morgan fingerprint density at radius 2 is 0.550 bits per heavy atom. The summed E-state index contributed by atoms with van der Waals surface area (Å²) in [4.78, 5) is 0. The molecule has 4 aromatic carbocycles. The quantitative estimate of drug-likeness (QED) is 0.123. The molecule has 0 amide bonds. The molecule has 0 aromatic heterocycles. The molecule has 0 atom stereocenters. The molecule has 2 aliphatic carbocycles. The van der Waals surface area contributed by atoms with E-state index in [9.17, 15) is 0 Å². The third kappa shape index (κ3) is 27.9. The smallest absolute Gasteiger partial charge is 1.00 e. The van der Waals surface area contributed by atoms with Crippen LogP contribution in [0, 0.1) is 24.3 Å². The molecule has 0 saturated heterocycles. The SMILES string of the molecule is C1=CC=CC2=C=CC=CC=12.[Bi+2].[Bi+2].[Cl-].[Cl-].[Cl-].[Cl-].[c]1ccccc1.[c]1ccccc1.[c]1ccccc1.[c]1ccccc1. The molecular weight excluding hydrogens is 968 g/mol. The number of hydrogen-bond donors (Lipinski definition) is 0. The van der Waals surface area contributed by atoms with Crippen LogP contribution >= 0.6 is 0 Å². The zero-order valence-electron chi connectivity index (χ0n) is 21.4. The summed E-state index contributed by atoms with van der Waals surface area (Å²) in [7, 11) is 0. The largest absolute Gasteiger partial charge is 2.00 e. The summed E-state index contributed by atoms with van der Waals surface area (Å²) >= 11 is 0. The Bertz CT molecular complexity index is 931. The summed E-state index contributed by atoms with van der Waals surface area (Å²) in [5, 5.41) is 0. The predicted octanol–water partition coefficient (Wildman–Crippen LogP) is -4.51. The topological polar surface area (TPSA) is 0 Å². The first-order chi connectivity index (χ1) is 17.0. The fourth-order valence-electron chi connectivity index (χ4n) is 2.36. The number of fused-ring (bicyclic) bond motifs is 1. The van der Waals surface area contributed by atoms with Crippen LogP contribution in [-0.2, 0) is 0 Å². The normalized spacial score (nSPS) is 9.40. The van der Waals surface area contributed by atoms with Crippen molar-refractivity contribution < 1.29 is 49.6 Å². The molecule has 10 radical (unpaired) electrons. The van der Waals surface area contributed by atoms with Gasteiger partial charge in [-0.1, -0.05) is 133 Å². The van der Waals surface area contributed by atoms with E-state index >= 15 is 0 Å². The van der Waals surface area contributed by atoms with Crippen LogP contribution in [0.1, 0.15) is 0 Å². The van der Waals surface area contributed by atoms with E-state index < -0.39 is 0 Å². The molecule has 0 unspecified atom stereocenters. The van der Waals surface area contributed by atoms with E-state index in [1.807, 2.05) is 158 Å². The summed E-state index contributed by atoms with van der Waals surface area (Å²) in [5.41, 5.74) is 8.50. The van der Waals surface area contributed by atoms with Crippen LogP contribution in [0.15, 0.2) is 180 Å². The second-order valence-electron chi connectivity index (χ2n) is 6.48. The Labute approximate surface area is 303 Å². The van der Waals surface area contributed by atoms with Crippen LogP contribution in [0.3, 0.4) is 0 Å². The summed E-state index contributed by atoms with van der Waals surface area (Å²) in [6.45, 7) is 0. The van der Waals surface area contributed by atoms with Crippen molar-refractivity contribution in [3.05, 3.63) is 205 Å². The third-order valence-corrected chi connectivity index (χ3v) is 3.91. The van der Waals surface area contributed by atoms with Crippen molar-refractivity contribution in [2.45, 2.75) is 0 Å². The summed E-state index contributed by atoms with van der Waals surface area (Å²) in [5.74, 6) is 0. The molecule has 6 rings (SSSR count). The molecule has 0 heterocycles. The zero-order chi connectivity index (χ0) is 23.8. The van der Waals surface area contributed by atoms with E-state index in [0.29, 0.717) is 0 Å². The van der Waals surface area contributed by atoms with Gasteiger partial charge in [0.15, 0.2) is 0 Å². The third-order valence-electron chi connectivity index (χ3n) is 3.91. The standard InChI is InChI=1S/C10H6.4C6H5.2Bi.4ClH/c1-2-6-10-8-4-3-7-9(10)5-1;4*1-2-4-6-5-3-1;;;;;;/h1-5,8H;4*1-5H;;;4*1H/q;;;;;2*+2;;;;/p-4. The minimum atomic E-state index is 0. The Morgan fingerprint density at radius 1 is 0.325 bits per heavy atom. The number of rotatable bonds is 0. The van der Waals surface area contributed by atoms with Gasteiger partial charge in [0.05, 0.1) is 0 Å². The number of allylic oxidation sites excluding steroid dienone is 6. The monoisotopic (exact) mass is 992 g/mol. The summed E-state index contributed by atoms with van der Waals surface area (Å²) in [6.07, 6.45) is 11.8. The minimum absolute atomic E-state index is 0. The van der Waals surface area contributed by atoms with Gasteiger partial charge in [-0.3, -0.25) is 0 Å². The molecule has 40 heavy (non-hydrogen) atoms. The van der Waals surface area contributed by atoms with Crippen LogP contribution < -0.4 is 49.6 Å². The summed E-state index contributed by atoms with van der Waals surface area (Å²) < 4.78 is 0. The van der Waals surface area contributed by atoms with Crippen LogP contribution in [0.25, 0.3) is 0 Å². The predicted molar refractivity (Wildman–Crippen MR) is 154 cm³/mol. The van der Waals surface area contributed by atoms with E-state index in [2.05, 4.69) is 35.7 Å². The maximum atomic E-state index is 3.12. The van der Waals surface area contributed by atoms with E-state index in [1.165, 1.54) is 0 Å². The Balaban J connectivity index is -0.000000125. The van der Waals surface area contributed by atoms with Crippen LogP contribution in [-0.4, -0.2) is 52.4 Å². The first-order valence-electron chi connectivity index (χ1n) is 10.9. The van der Waals surface area contributed by atoms with Gasteiger partial charge >= 0.3 is 52.4 Å². The van der Waals surface area contributed by atoms with Gasteiger partial charge < -0.3 is 49.6 Å². The number of halogens is 4. The molecule has 0 spiro atoms. The second-order valence-corrected chi connectivity index (χ2v) is 6.48. The maximum absolute atomic E-state index is 3.12. The molecule has 0 fully saturated rings. The van der Waals surface area contributed by atoms with Crippen LogP contribution in [0.2, 0.25) is 0 Å². The molecule has 200 valence electrons. The first kappa shape index (κ1) is 48.1. The van der Waals surface area contributed by atoms with Crippen molar-refractivity contribution in [3.8, 4) is 0 Å². The van der Waals surface area contributed by atoms with Crippen LogP contribution in [0.5, 0.6) is 0 Å². The molecule has 0 saturated carbocycles. The average Bonchev–Trinajstić information content (AvgIpc) is 2.98. The molecule has 6 heteroatoms. The molecule has 0 aliphatic heterocycles. The van der Waals surface area contributed by atoms with Crippen molar-refractivity contribution in [2.75, 3.05) is 0 Å². The van der Waals surface area contributed by atoms with Crippen molar-refractivity contribution >= 4 is 52.4 Å². The zero-order valence-corrected chi connectivity index (χ0v) is 31.4. The number of benzene rings is 4. The van der Waals surface area contributed by atoms with E-state index in [-0.39, 0.29) is 102 Å². The van der Waals surface area contributed by atoms with E-state index in [4.69, 9.17) is 0 Å². The van der Waals surface area contributed by atoms with Gasteiger partial charge in [-0.2, -0.15) is 0 Å². The Hall–Kier alpha value is -1.67. The minimum Gasteiger partial charge on any atom is -1.00 e. The Kier molecular flexibility index (Phi) is 44.9. The van der Waals surface area contributed by atoms with Gasteiger partial charge in [-0.15, -0.1) is 11.5 Å². The molecule has 0 N–H and O–H groups in total. The van der Waals surface area contributed by atoms with Crippen molar-refractivity contribution in [2.24, 2.45) is 0 Å². The number of hydrogen-bond acceptors (Lipinski definition) is 0. The molecular formula is C34H26Bi2Cl4. The fraction of sp³-hybridized carbons (Fsp3) is 0. The molecule has 2 aliphatic rings. The van der Waals surface area contributed by atoms with Gasteiger partial charge in [0.2, 0.25) is 0 Å². The molecule has 0 bridgehead atoms. The van der Waals surface area contributed by atoms with Crippen molar-refractivity contribution in [1.82, 2.24) is 0 Å². The molecule has 0 nitrogen and oxygen atoms in total. The van der Waals surface area contributed by atoms with Gasteiger partial charge in [-0.05, 0) is 48.6 Å². The van der Waals surface area contributed by atoms with Crippen molar-refractivity contribution in [3.63, 3.8) is 0 Å².